The van der Waals surface area contributed by atoms with Crippen molar-refractivity contribution in [2.75, 3.05) is 33.4 Å². The highest BCUT2D eigenvalue weighted by Crippen LogP contribution is 2.29. The maximum atomic E-state index is 13.3. The fourth-order valence-electron chi connectivity index (χ4n) is 4.49. The van der Waals surface area contributed by atoms with Gasteiger partial charge in [-0.2, -0.15) is 0 Å². The maximum absolute atomic E-state index is 13.3. The van der Waals surface area contributed by atoms with E-state index < -0.39 is 0 Å². The minimum atomic E-state index is -0.271. The number of carbonyl (C=O) groups excluding carboxylic acids is 1. The van der Waals surface area contributed by atoms with Crippen LogP contribution in [0.5, 0.6) is 11.6 Å². The zero-order valence-corrected chi connectivity index (χ0v) is 22.1. The van der Waals surface area contributed by atoms with Crippen molar-refractivity contribution in [2.45, 2.75) is 25.8 Å². The molecule has 1 atom stereocenters. The highest BCUT2D eigenvalue weighted by Gasteiger charge is 2.28. The van der Waals surface area contributed by atoms with Crippen LogP contribution < -0.4 is 14.8 Å². The summed E-state index contributed by atoms with van der Waals surface area (Å²) in [6, 6.07) is 16.8. The molecule has 0 spiro atoms. The molecule has 2 aromatic carbocycles. The summed E-state index contributed by atoms with van der Waals surface area (Å²) in [4.78, 5) is 20.0. The highest BCUT2D eigenvalue weighted by molar-refractivity contribution is 6.35. The van der Waals surface area contributed by atoms with Crippen molar-refractivity contribution in [3.8, 4) is 11.6 Å². The Labute approximate surface area is 222 Å². The van der Waals surface area contributed by atoms with E-state index in [-0.39, 0.29) is 17.9 Å². The third-order valence-electron chi connectivity index (χ3n) is 6.61. The van der Waals surface area contributed by atoms with Crippen LogP contribution in [0.4, 0.5) is 0 Å². The van der Waals surface area contributed by atoms with E-state index in [4.69, 9.17) is 32.7 Å². The molecule has 0 bridgehead atoms. The zero-order valence-electron chi connectivity index (χ0n) is 20.5. The van der Waals surface area contributed by atoms with Crippen LogP contribution in [-0.2, 0) is 4.79 Å². The molecular weight excluding hydrogens is 497 g/mol. The van der Waals surface area contributed by atoms with Gasteiger partial charge in [0.2, 0.25) is 11.8 Å². The van der Waals surface area contributed by atoms with E-state index in [9.17, 15) is 4.79 Å². The number of hydrogen-bond acceptors (Lipinski definition) is 5. The van der Waals surface area contributed by atoms with Crippen LogP contribution in [0.2, 0.25) is 10.0 Å². The Morgan fingerprint density at radius 2 is 1.92 bits per heavy atom. The number of rotatable bonds is 9. The Morgan fingerprint density at radius 1 is 1.14 bits per heavy atom. The standard InChI is InChI=1S/C28H31Cl2N3O3/c1-19-5-3-4-6-23(19)27(21-7-10-26(35-2)31-18-21)32-28(34)20-11-13-33(14-12-20)15-16-36-25-9-8-22(29)17-24(25)30/h3-10,17-18,20,27H,11-16H2,1-2H3,(H,32,34). The summed E-state index contributed by atoms with van der Waals surface area (Å²) in [6.07, 6.45) is 3.37. The van der Waals surface area contributed by atoms with Gasteiger partial charge in [0.25, 0.3) is 0 Å². The number of aryl methyl sites for hydroxylation is 1. The van der Waals surface area contributed by atoms with Gasteiger partial charge >= 0.3 is 0 Å². The molecule has 1 N–H and O–H groups in total. The zero-order chi connectivity index (χ0) is 25.5. The second-order valence-electron chi connectivity index (χ2n) is 8.97. The first kappa shape index (κ1) is 26.3. The summed E-state index contributed by atoms with van der Waals surface area (Å²) in [5.41, 5.74) is 3.11. The molecule has 1 unspecified atom stereocenters. The average Bonchev–Trinajstić information content (AvgIpc) is 2.89. The number of benzene rings is 2. The number of halogens is 2. The van der Waals surface area contributed by atoms with Crippen LogP contribution in [0.1, 0.15) is 35.6 Å². The summed E-state index contributed by atoms with van der Waals surface area (Å²) in [5, 5.41) is 4.39. The van der Waals surface area contributed by atoms with Crippen LogP contribution in [0.15, 0.2) is 60.8 Å². The number of nitrogens with one attached hydrogen (secondary N) is 1. The lowest BCUT2D eigenvalue weighted by atomic mass is 9.92. The molecule has 2 heterocycles. The van der Waals surface area contributed by atoms with Crippen LogP contribution in [-0.4, -0.2) is 49.1 Å². The molecule has 190 valence electrons. The smallest absolute Gasteiger partial charge is 0.223 e. The van der Waals surface area contributed by atoms with Crippen molar-refractivity contribution < 1.29 is 14.3 Å². The van der Waals surface area contributed by atoms with Crippen molar-refractivity contribution in [1.82, 2.24) is 15.2 Å². The number of likely N-dealkylation sites (tertiary alicyclic amines) is 1. The quantitative estimate of drug-likeness (QED) is 0.386. The molecule has 1 aliphatic rings. The van der Waals surface area contributed by atoms with Crippen molar-refractivity contribution >= 4 is 29.1 Å². The number of pyridine rings is 1. The lowest BCUT2D eigenvalue weighted by molar-refractivity contribution is -0.127. The largest absolute Gasteiger partial charge is 0.491 e. The monoisotopic (exact) mass is 527 g/mol. The molecule has 6 nitrogen and oxygen atoms in total. The number of piperidine rings is 1. The van der Waals surface area contributed by atoms with Gasteiger partial charge in [-0.25, -0.2) is 4.98 Å². The summed E-state index contributed by atoms with van der Waals surface area (Å²) >= 11 is 12.1. The number of ether oxygens (including phenoxy) is 2. The van der Waals surface area contributed by atoms with Gasteiger partial charge in [0.15, 0.2) is 0 Å². The van der Waals surface area contributed by atoms with Crippen LogP contribution in [0, 0.1) is 12.8 Å². The van der Waals surface area contributed by atoms with Gasteiger partial charge in [-0.05, 0) is 73.8 Å². The Morgan fingerprint density at radius 3 is 2.58 bits per heavy atom. The molecule has 0 saturated carbocycles. The van der Waals surface area contributed by atoms with Gasteiger partial charge in [0.05, 0.1) is 18.2 Å². The van der Waals surface area contributed by atoms with E-state index in [0.29, 0.717) is 28.3 Å². The third-order valence-corrected chi connectivity index (χ3v) is 7.14. The topological polar surface area (TPSA) is 63.7 Å². The second kappa shape index (κ2) is 12.4. The number of amides is 1. The highest BCUT2D eigenvalue weighted by atomic mass is 35.5. The maximum Gasteiger partial charge on any atom is 0.223 e. The second-order valence-corrected chi connectivity index (χ2v) is 9.81. The predicted molar refractivity (Wildman–Crippen MR) is 143 cm³/mol. The minimum absolute atomic E-state index is 0.0365. The fraction of sp³-hybridized carbons (Fsp3) is 0.357. The normalized spacial score (nSPS) is 15.3. The first-order valence-corrected chi connectivity index (χ1v) is 12.9. The van der Waals surface area contributed by atoms with E-state index in [1.54, 1.807) is 31.5 Å². The van der Waals surface area contributed by atoms with E-state index in [2.05, 4.69) is 34.3 Å². The van der Waals surface area contributed by atoms with Crippen molar-refractivity contribution in [1.29, 1.82) is 0 Å². The number of nitrogens with zero attached hydrogens (tertiary/aromatic N) is 2. The van der Waals surface area contributed by atoms with Crippen LogP contribution in [0.3, 0.4) is 0 Å². The Balaban J connectivity index is 1.33. The fourth-order valence-corrected chi connectivity index (χ4v) is 4.95. The molecule has 1 fully saturated rings. The number of aromatic nitrogens is 1. The molecule has 1 saturated heterocycles. The van der Waals surface area contributed by atoms with Crippen molar-refractivity contribution in [3.05, 3.63) is 87.5 Å². The molecule has 3 aromatic rings. The van der Waals surface area contributed by atoms with E-state index >= 15 is 0 Å². The number of methoxy groups -OCH3 is 1. The molecule has 36 heavy (non-hydrogen) atoms. The molecule has 4 rings (SSSR count). The summed E-state index contributed by atoms with van der Waals surface area (Å²) < 4.78 is 11.0. The lowest BCUT2D eigenvalue weighted by Crippen LogP contribution is -2.42. The average molecular weight is 528 g/mol. The van der Waals surface area contributed by atoms with Gasteiger partial charge in [-0.15, -0.1) is 0 Å². The molecule has 0 aliphatic carbocycles. The molecule has 1 amide bonds. The summed E-state index contributed by atoms with van der Waals surface area (Å²) in [5.74, 6) is 1.21. The molecule has 1 aromatic heterocycles. The Hall–Kier alpha value is -2.80. The van der Waals surface area contributed by atoms with Gasteiger partial charge in [0.1, 0.15) is 12.4 Å². The Kier molecular flexibility index (Phi) is 9.08. The van der Waals surface area contributed by atoms with Gasteiger partial charge < -0.3 is 14.8 Å². The van der Waals surface area contributed by atoms with Crippen LogP contribution in [0.25, 0.3) is 0 Å². The number of carbonyl (C=O) groups is 1. The van der Waals surface area contributed by atoms with Crippen LogP contribution >= 0.6 is 23.2 Å². The predicted octanol–water partition coefficient (Wildman–Crippen LogP) is 5.70. The molecule has 0 radical (unpaired) electrons. The van der Waals surface area contributed by atoms with Crippen molar-refractivity contribution in [3.63, 3.8) is 0 Å². The minimum Gasteiger partial charge on any atom is -0.491 e. The van der Waals surface area contributed by atoms with Crippen molar-refractivity contribution in [2.24, 2.45) is 5.92 Å². The van der Waals surface area contributed by atoms with Gasteiger partial charge in [-0.3, -0.25) is 9.69 Å². The first-order valence-electron chi connectivity index (χ1n) is 12.1. The molecule has 1 aliphatic heterocycles. The molecular formula is C28H31Cl2N3O3. The third kappa shape index (κ3) is 6.69. The summed E-state index contributed by atoms with van der Waals surface area (Å²) in [6.45, 7) is 5.04. The lowest BCUT2D eigenvalue weighted by Gasteiger charge is -2.32. The van der Waals surface area contributed by atoms with E-state index in [1.807, 2.05) is 24.3 Å². The molecule has 8 heteroatoms. The van der Waals surface area contributed by atoms with E-state index in [0.717, 1.165) is 49.2 Å². The van der Waals surface area contributed by atoms with Gasteiger partial charge in [-0.1, -0.05) is 47.5 Å². The Bertz CT molecular complexity index is 1160. The first-order chi connectivity index (χ1) is 17.4. The summed E-state index contributed by atoms with van der Waals surface area (Å²) in [7, 11) is 1.59. The van der Waals surface area contributed by atoms with E-state index in [1.165, 1.54) is 0 Å². The van der Waals surface area contributed by atoms with Gasteiger partial charge in [0, 0.05) is 29.7 Å². The number of hydrogen-bond donors (Lipinski definition) is 1. The SMILES string of the molecule is COc1ccc(C(NC(=O)C2CCN(CCOc3ccc(Cl)cc3Cl)CC2)c2ccccc2C)cn1.